The third-order valence-electron chi connectivity index (χ3n) is 13.1. The Bertz CT molecular complexity index is 2460. The molecular weight excluding hydrogens is 951 g/mol. The van der Waals surface area contributed by atoms with Crippen molar-refractivity contribution < 1.29 is 57.1 Å². The van der Waals surface area contributed by atoms with Gasteiger partial charge >= 0.3 is 0 Å². The molecule has 0 N–H and O–H groups in total. The Balaban J connectivity index is 1.05. The summed E-state index contributed by atoms with van der Waals surface area (Å²) in [5, 5.41) is 0. The van der Waals surface area contributed by atoms with Crippen LogP contribution in [0.25, 0.3) is 0 Å². The normalized spacial score (nSPS) is 17.8. The molecule has 5 heterocycles. The van der Waals surface area contributed by atoms with E-state index in [0.29, 0.717) is 128 Å². The van der Waals surface area contributed by atoms with E-state index in [2.05, 4.69) is 4.90 Å². The maximum atomic E-state index is 13.8. The van der Waals surface area contributed by atoms with Gasteiger partial charge in [0.15, 0.2) is 23.0 Å². The number of aliphatic imine (C=N–C) groups is 2. The highest BCUT2D eigenvalue weighted by atomic mass is 16.5. The zero-order valence-corrected chi connectivity index (χ0v) is 43.9. The minimum atomic E-state index is -0.140. The number of ether oxygens (including phenoxy) is 8. The predicted molar refractivity (Wildman–Crippen MR) is 279 cm³/mol. The minimum absolute atomic E-state index is 0.0345. The van der Waals surface area contributed by atoms with Gasteiger partial charge in [-0.3, -0.25) is 29.4 Å². The molecule has 2 fully saturated rings. The van der Waals surface area contributed by atoms with E-state index in [1.54, 1.807) is 41.3 Å². The van der Waals surface area contributed by atoms with Crippen LogP contribution in [0.2, 0.25) is 0 Å². The summed E-state index contributed by atoms with van der Waals surface area (Å²) in [7, 11) is 7.02. The molecule has 19 heteroatoms. The van der Waals surface area contributed by atoms with E-state index in [1.807, 2.05) is 62.3 Å². The van der Waals surface area contributed by atoms with Crippen LogP contribution in [0.1, 0.15) is 85.0 Å². The van der Waals surface area contributed by atoms with Crippen molar-refractivity contribution in [3.8, 4) is 28.7 Å². The lowest BCUT2D eigenvalue weighted by Gasteiger charge is -2.23. The molecule has 0 bridgehead atoms. The molecule has 4 aliphatic heterocycles. The molecule has 0 unspecified atom stereocenters. The lowest BCUT2D eigenvalue weighted by atomic mass is 10.1. The number of amides is 3. The Morgan fingerprint density at radius 3 is 1.64 bits per heavy atom. The fourth-order valence-corrected chi connectivity index (χ4v) is 8.94. The van der Waals surface area contributed by atoms with E-state index < -0.39 is 0 Å². The first-order valence-corrected chi connectivity index (χ1v) is 25.3. The smallest absolute Gasteiger partial charge is 0.257 e. The minimum Gasteiger partial charge on any atom is -0.493 e. The Morgan fingerprint density at radius 2 is 1.15 bits per heavy atom. The van der Waals surface area contributed by atoms with Crippen molar-refractivity contribution in [2.24, 2.45) is 9.98 Å². The fraction of sp³-hybridized carbons (Fsp3) is 0.509. The van der Waals surface area contributed by atoms with Gasteiger partial charge in [0, 0.05) is 69.3 Å². The second-order valence-electron chi connectivity index (χ2n) is 18.7. The number of allylic oxidation sites excluding steroid dienone is 2. The van der Waals surface area contributed by atoms with Gasteiger partial charge in [0.05, 0.1) is 113 Å². The molecule has 3 amide bonds. The standard InChI is InChI=1S/C55H71N7O12/c1-8-38-23-42-31-56-47-29-51(49(67-6)27-45(47)54(65)61(42)33-38)73-35-40-25-44(72-18-15-60(13-10-11-37(3)63)53(64)12-16-69-19-21-71-22-20-70-17-14-59(4)5)26-41(58-40)36-74-52-30-48-46(28-50(52)68-7)55(66)62-34-39(9-2)24-43(62)32-57-48/h8-9,25-32,42-43H,10-24,33-36H2,1-7H3/b38-8+,39-9+/t42-,43-/m0/s1. The van der Waals surface area contributed by atoms with E-state index in [9.17, 15) is 19.2 Å². The van der Waals surface area contributed by atoms with Crippen molar-refractivity contribution in [2.75, 3.05) is 107 Å². The van der Waals surface area contributed by atoms with Crippen LogP contribution in [0.4, 0.5) is 11.4 Å². The van der Waals surface area contributed by atoms with Gasteiger partial charge in [0.2, 0.25) is 5.91 Å². The van der Waals surface area contributed by atoms with Crippen LogP contribution in [0, 0.1) is 0 Å². The molecule has 0 aliphatic carbocycles. The SMILES string of the molecule is C/C=C1\C[C@H]2C=Nc3cc(OCc4cc(OCCN(CCCC(C)=O)C(=O)CCOCCOCCOCCN(C)C)cc(COc5cc6c(cc5OC)C(=O)N5C/C(=C/C)C[C@H]5C=N6)n4)c(OC)cc3C(=O)N2C1. The first-order chi connectivity index (χ1) is 35.9. The summed E-state index contributed by atoms with van der Waals surface area (Å²) in [4.78, 5) is 74.6. The summed E-state index contributed by atoms with van der Waals surface area (Å²) >= 11 is 0. The maximum absolute atomic E-state index is 13.8. The summed E-state index contributed by atoms with van der Waals surface area (Å²) in [5.74, 6) is 1.54. The maximum Gasteiger partial charge on any atom is 0.257 e. The molecule has 2 atom stereocenters. The number of methoxy groups -OCH3 is 2. The number of carbonyl (C=O) groups excluding carboxylic acids is 4. The summed E-state index contributed by atoms with van der Waals surface area (Å²) < 4.78 is 47.5. The zero-order valence-electron chi connectivity index (χ0n) is 43.9. The van der Waals surface area contributed by atoms with Gasteiger partial charge < -0.3 is 62.3 Å². The van der Waals surface area contributed by atoms with Crippen molar-refractivity contribution in [3.05, 3.63) is 82.2 Å². The average molecular weight is 1020 g/mol. The van der Waals surface area contributed by atoms with Gasteiger partial charge in [0.25, 0.3) is 11.8 Å². The molecule has 2 aromatic carbocycles. The van der Waals surface area contributed by atoms with Crippen molar-refractivity contribution in [1.29, 1.82) is 0 Å². The molecule has 398 valence electrons. The van der Waals surface area contributed by atoms with Crippen LogP contribution < -0.4 is 23.7 Å². The van der Waals surface area contributed by atoms with Crippen molar-refractivity contribution in [1.82, 2.24) is 24.6 Å². The molecule has 4 aliphatic rings. The van der Waals surface area contributed by atoms with Crippen LogP contribution in [0.3, 0.4) is 0 Å². The number of Topliss-reactive ketones (excluding diaryl/α,β-unsaturated/α-hetero) is 1. The first kappa shape index (κ1) is 55.1. The van der Waals surface area contributed by atoms with Gasteiger partial charge in [-0.05, 0) is 66.3 Å². The number of hydrogen-bond donors (Lipinski definition) is 0. The molecule has 19 nitrogen and oxygen atoms in total. The topological polar surface area (TPSA) is 193 Å². The predicted octanol–water partition coefficient (Wildman–Crippen LogP) is 6.59. The lowest BCUT2D eigenvalue weighted by molar-refractivity contribution is -0.133. The van der Waals surface area contributed by atoms with E-state index in [0.717, 1.165) is 19.4 Å². The Labute approximate surface area is 434 Å². The van der Waals surface area contributed by atoms with Gasteiger partial charge in [-0.1, -0.05) is 23.3 Å². The number of nitrogens with zero attached hydrogens (tertiary/aromatic N) is 7. The summed E-state index contributed by atoms with van der Waals surface area (Å²) in [6, 6.07) is 9.95. The number of ketones is 1. The second kappa shape index (κ2) is 27.0. The van der Waals surface area contributed by atoms with Crippen molar-refractivity contribution in [2.45, 2.75) is 78.2 Å². The molecular formula is C55H71N7O12. The molecule has 2 saturated heterocycles. The number of rotatable bonds is 28. The molecule has 0 saturated carbocycles. The van der Waals surface area contributed by atoms with Crippen LogP contribution >= 0.6 is 0 Å². The molecule has 0 radical (unpaired) electrons. The van der Waals surface area contributed by atoms with Crippen LogP contribution in [0.5, 0.6) is 28.7 Å². The highest BCUT2D eigenvalue weighted by Crippen LogP contribution is 2.41. The van der Waals surface area contributed by atoms with Gasteiger partial charge in [-0.2, -0.15) is 0 Å². The fourth-order valence-electron chi connectivity index (χ4n) is 8.94. The third-order valence-corrected chi connectivity index (χ3v) is 13.1. The Morgan fingerprint density at radius 1 is 0.635 bits per heavy atom. The highest BCUT2D eigenvalue weighted by Gasteiger charge is 2.36. The van der Waals surface area contributed by atoms with Crippen LogP contribution in [-0.2, 0) is 37.0 Å². The molecule has 1 aromatic heterocycles. The molecule has 3 aromatic rings. The summed E-state index contributed by atoms with van der Waals surface area (Å²) in [5.41, 5.74) is 5.12. The third kappa shape index (κ3) is 14.8. The highest BCUT2D eigenvalue weighted by molar-refractivity contribution is 6.05. The van der Waals surface area contributed by atoms with Crippen molar-refractivity contribution >= 4 is 47.3 Å². The quantitative estimate of drug-likeness (QED) is 0.0559. The van der Waals surface area contributed by atoms with E-state index in [-0.39, 0.29) is 75.0 Å². The largest absolute Gasteiger partial charge is 0.493 e. The number of carbonyl (C=O) groups is 4. The number of hydrogen-bond acceptors (Lipinski definition) is 16. The number of likely N-dealkylation sites (N-methyl/N-ethyl adjacent to an activating group) is 1. The molecule has 0 spiro atoms. The number of fused-ring (bicyclic) bond motifs is 4. The average Bonchev–Trinajstić information content (AvgIpc) is 3.97. The Kier molecular flexibility index (Phi) is 20.1. The monoisotopic (exact) mass is 1020 g/mol. The zero-order chi connectivity index (χ0) is 52.6. The lowest BCUT2D eigenvalue weighted by Crippen LogP contribution is -2.36. The van der Waals surface area contributed by atoms with Crippen molar-refractivity contribution in [3.63, 3.8) is 0 Å². The number of aromatic nitrogens is 1. The van der Waals surface area contributed by atoms with Gasteiger partial charge in [-0.15, -0.1) is 0 Å². The van der Waals surface area contributed by atoms with E-state index in [1.165, 1.54) is 32.3 Å². The van der Waals surface area contributed by atoms with Crippen LogP contribution in [-0.4, -0.2) is 180 Å². The second-order valence-corrected chi connectivity index (χ2v) is 18.7. The van der Waals surface area contributed by atoms with Crippen LogP contribution in [0.15, 0.2) is 69.7 Å². The first-order valence-electron chi connectivity index (χ1n) is 25.3. The summed E-state index contributed by atoms with van der Waals surface area (Å²) in [6.07, 6.45) is 10.2. The molecule has 74 heavy (non-hydrogen) atoms. The number of benzene rings is 2. The Hall–Kier alpha value is -6.67. The van der Waals surface area contributed by atoms with E-state index >= 15 is 0 Å². The number of pyridine rings is 1. The van der Waals surface area contributed by atoms with Gasteiger partial charge in [-0.25, -0.2) is 0 Å². The van der Waals surface area contributed by atoms with E-state index in [4.69, 9.17) is 52.9 Å². The van der Waals surface area contributed by atoms with Gasteiger partial charge in [0.1, 0.15) is 31.4 Å². The molecule has 7 rings (SSSR count). The summed E-state index contributed by atoms with van der Waals surface area (Å²) in [6.45, 7) is 10.6.